The predicted molar refractivity (Wildman–Crippen MR) is 71.6 cm³/mol. The molecular weight excluding hydrogens is 279 g/mol. The summed E-state index contributed by atoms with van der Waals surface area (Å²) in [6.45, 7) is 0. The summed E-state index contributed by atoms with van der Waals surface area (Å²) in [5.41, 5.74) is 0.0747. The normalized spacial score (nSPS) is 10.0. The Balaban J connectivity index is 2.31. The molecule has 2 N–H and O–H groups in total. The highest BCUT2D eigenvalue weighted by atomic mass is 19.1. The van der Waals surface area contributed by atoms with Crippen molar-refractivity contribution in [1.82, 2.24) is 4.98 Å². The topological polar surface area (TPSA) is 88.5 Å². The van der Waals surface area contributed by atoms with Crippen molar-refractivity contribution in [2.45, 2.75) is 0 Å². The number of amides is 1. The first-order valence-corrected chi connectivity index (χ1v) is 5.84. The van der Waals surface area contributed by atoms with E-state index >= 15 is 0 Å². The maximum absolute atomic E-state index is 13.2. The zero-order chi connectivity index (χ0) is 15.4. The highest BCUT2D eigenvalue weighted by Gasteiger charge is 2.16. The Morgan fingerprint density at radius 2 is 2.05 bits per heavy atom. The standard InChI is InChI=1S/C14H11FN2O4/c1-21-14(20)11-5-9(15)2-3-12(11)17-13(19)8-4-10(18)7-16-6-8/h2-7,18H,1H3,(H,17,19). The summed E-state index contributed by atoms with van der Waals surface area (Å²) < 4.78 is 17.7. The van der Waals surface area contributed by atoms with Crippen LogP contribution in [-0.2, 0) is 4.74 Å². The van der Waals surface area contributed by atoms with Crippen LogP contribution < -0.4 is 5.32 Å². The largest absolute Gasteiger partial charge is 0.506 e. The van der Waals surface area contributed by atoms with Gasteiger partial charge in [-0.25, -0.2) is 9.18 Å². The number of nitrogens with zero attached hydrogens (tertiary/aromatic N) is 1. The van der Waals surface area contributed by atoms with Gasteiger partial charge in [0.2, 0.25) is 0 Å². The molecule has 0 bridgehead atoms. The summed E-state index contributed by atoms with van der Waals surface area (Å²) in [5, 5.41) is 11.7. The first-order valence-electron chi connectivity index (χ1n) is 5.84. The molecule has 0 aliphatic rings. The average molecular weight is 290 g/mol. The van der Waals surface area contributed by atoms with Gasteiger partial charge in [0.1, 0.15) is 11.6 Å². The number of benzene rings is 1. The van der Waals surface area contributed by atoms with Crippen molar-refractivity contribution in [3.63, 3.8) is 0 Å². The molecule has 0 spiro atoms. The fourth-order valence-electron chi connectivity index (χ4n) is 1.65. The molecule has 6 nitrogen and oxygen atoms in total. The number of rotatable bonds is 3. The minimum Gasteiger partial charge on any atom is -0.506 e. The third kappa shape index (κ3) is 3.33. The number of aromatic hydroxyl groups is 1. The number of methoxy groups -OCH3 is 1. The van der Waals surface area contributed by atoms with E-state index in [1.165, 1.54) is 24.5 Å². The van der Waals surface area contributed by atoms with Gasteiger partial charge in [0.05, 0.1) is 30.1 Å². The maximum atomic E-state index is 13.2. The van der Waals surface area contributed by atoms with Crippen molar-refractivity contribution < 1.29 is 23.8 Å². The Labute approximate surface area is 119 Å². The van der Waals surface area contributed by atoms with Gasteiger partial charge in [-0.2, -0.15) is 0 Å². The van der Waals surface area contributed by atoms with Crippen LogP contribution in [0.1, 0.15) is 20.7 Å². The van der Waals surface area contributed by atoms with Crippen LogP contribution in [-0.4, -0.2) is 29.1 Å². The lowest BCUT2D eigenvalue weighted by Crippen LogP contribution is -2.15. The number of ether oxygens (including phenoxy) is 1. The second-order valence-corrected chi connectivity index (χ2v) is 4.07. The number of hydrogen-bond donors (Lipinski definition) is 2. The number of esters is 1. The van der Waals surface area contributed by atoms with Crippen LogP contribution in [0.3, 0.4) is 0 Å². The Hall–Kier alpha value is -2.96. The fourth-order valence-corrected chi connectivity index (χ4v) is 1.65. The Morgan fingerprint density at radius 1 is 1.29 bits per heavy atom. The number of halogens is 1. The van der Waals surface area contributed by atoms with Gasteiger partial charge in [0.15, 0.2) is 0 Å². The molecule has 1 aromatic heterocycles. The molecule has 0 atom stereocenters. The quantitative estimate of drug-likeness (QED) is 0.844. The Bertz CT molecular complexity index is 703. The summed E-state index contributed by atoms with van der Waals surface area (Å²) in [6, 6.07) is 4.52. The van der Waals surface area contributed by atoms with E-state index in [-0.39, 0.29) is 22.6 Å². The van der Waals surface area contributed by atoms with Crippen LogP contribution in [0.4, 0.5) is 10.1 Å². The second kappa shape index (κ2) is 6.00. The van der Waals surface area contributed by atoms with Gasteiger partial charge in [0.25, 0.3) is 5.91 Å². The van der Waals surface area contributed by atoms with Gasteiger partial charge < -0.3 is 15.2 Å². The maximum Gasteiger partial charge on any atom is 0.340 e. The van der Waals surface area contributed by atoms with Gasteiger partial charge in [0, 0.05) is 6.20 Å². The van der Waals surface area contributed by atoms with Crippen molar-refractivity contribution in [1.29, 1.82) is 0 Å². The van der Waals surface area contributed by atoms with Gasteiger partial charge in [-0.1, -0.05) is 0 Å². The van der Waals surface area contributed by atoms with Crippen molar-refractivity contribution in [2.75, 3.05) is 12.4 Å². The van der Waals surface area contributed by atoms with Gasteiger partial charge in [-0.15, -0.1) is 0 Å². The van der Waals surface area contributed by atoms with Crippen molar-refractivity contribution >= 4 is 17.6 Å². The molecule has 0 fully saturated rings. The number of nitrogens with one attached hydrogen (secondary N) is 1. The molecule has 1 heterocycles. The van der Waals surface area contributed by atoms with E-state index in [4.69, 9.17) is 0 Å². The zero-order valence-corrected chi connectivity index (χ0v) is 11.0. The average Bonchev–Trinajstić information content (AvgIpc) is 2.48. The molecule has 1 amide bonds. The fraction of sp³-hybridized carbons (Fsp3) is 0.0714. The van der Waals surface area contributed by atoms with Crippen molar-refractivity contribution in [3.05, 3.63) is 53.6 Å². The SMILES string of the molecule is COC(=O)c1cc(F)ccc1NC(=O)c1cncc(O)c1. The second-order valence-electron chi connectivity index (χ2n) is 4.07. The lowest BCUT2D eigenvalue weighted by molar-refractivity contribution is 0.0601. The number of anilines is 1. The first kappa shape index (κ1) is 14.4. The lowest BCUT2D eigenvalue weighted by atomic mass is 10.1. The summed E-state index contributed by atoms with van der Waals surface area (Å²) in [6.07, 6.45) is 2.42. The Morgan fingerprint density at radius 3 is 2.71 bits per heavy atom. The minimum absolute atomic E-state index is 0.0927. The molecule has 0 unspecified atom stereocenters. The van der Waals surface area contributed by atoms with Crippen molar-refractivity contribution in [2.24, 2.45) is 0 Å². The van der Waals surface area contributed by atoms with Crippen molar-refractivity contribution in [3.8, 4) is 5.75 Å². The number of carbonyl (C=O) groups excluding carboxylic acids is 2. The third-order valence-corrected chi connectivity index (χ3v) is 2.62. The summed E-state index contributed by atoms with van der Waals surface area (Å²) >= 11 is 0. The van der Waals surface area contributed by atoms with Crippen LogP contribution in [0.5, 0.6) is 5.75 Å². The summed E-state index contributed by atoms with van der Waals surface area (Å²) in [5.74, 6) is -2.18. The van der Waals surface area contributed by atoms with Crippen LogP contribution in [0.15, 0.2) is 36.7 Å². The van der Waals surface area contributed by atoms with E-state index < -0.39 is 17.7 Å². The number of pyridine rings is 1. The smallest absolute Gasteiger partial charge is 0.340 e. The van der Waals surface area contributed by atoms with E-state index in [9.17, 15) is 19.1 Å². The Kier molecular flexibility index (Phi) is 4.13. The van der Waals surface area contributed by atoms with Crippen LogP contribution in [0, 0.1) is 5.82 Å². The zero-order valence-electron chi connectivity index (χ0n) is 11.0. The lowest BCUT2D eigenvalue weighted by Gasteiger charge is -2.10. The van der Waals surface area contributed by atoms with Crippen LogP contribution in [0.2, 0.25) is 0 Å². The predicted octanol–water partition coefficient (Wildman–Crippen LogP) is 1.97. The molecule has 0 saturated heterocycles. The molecule has 0 radical (unpaired) electrons. The third-order valence-electron chi connectivity index (χ3n) is 2.62. The highest BCUT2D eigenvalue weighted by molar-refractivity contribution is 6.08. The van der Waals surface area contributed by atoms with Gasteiger partial charge >= 0.3 is 5.97 Å². The van der Waals surface area contributed by atoms with Crippen LogP contribution >= 0.6 is 0 Å². The monoisotopic (exact) mass is 290 g/mol. The summed E-state index contributed by atoms with van der Waals surface area (Å²) in [4.78, 5) is 27.2. The van der Waals surface area contributed by atoms with E-state index in [1.54, 1.807) is 0 Å². The van der Waals surface area contributed by atoms with E-state index in [0.717, 1.165) is 19.2 Å². The molecule has 7 heteroatoms. The molecule has 2 rings (SSSR count). The first-order chi connectivity index (χ1) is 10.0. The highest BCUT2D eigenvalue weighted by Crippen LogP contribution is 2.19. The van der Waals surface area contributed by atoms with E-state index in [1.807, 2.05) is 0 Å². The molecule has 2 aromatic rings. The molecular formula is C14H11FN2O4. The molecule has 0 aliphatic heterocycles. The molecule has 0 saturated carbocycles. The molecule has 108 valence electrons. The van der Waals surface area contributed by atoms with Gasteiger partial charge in [-0.3, -0.25) is 9.78 Å². The minimum atomic E-state index is -0.779. The van der Waals surface area contributed by atoms with E-state index in [2.05, 4.69) is 15.0 Å². The number of carbonyl (C=O) groups is 2. The molecule has 1 aromatic carbocycles. The van der Waals surface area contributed by atoms with Crippen LogP contribution in [0.25, 0.3) is 0 Å². The van der Waals surface area contributed by atoms with Gasteiger partial charge in [-0.05, 0) is 24.3 Å². The summed E-state index contributed by atoms with van der Waals surface area (Å²) in [7, 11) is 1.15. The molecule has 0 aliphatic carbocycles. The number of aromatic nitrogens is 1. The molecule has 21 heavy (non-hydrogen) atoms. The van der Waals surface area contributed by atoms with E-state index in [0.29, 0.717) is 0 Å². The number of hydrogen-bond acceptors (Lipinski definition) is 5.